The molecule has 31 heavy (non-hydrogen) atoms. The van der Waals surface area contributed by atoms with Crippen LogP contribution in [0, 0.1) is 5.92 Å². The van der Waals surface area contributed by atoms with Crippen molar-refractivity contribution < 1.29 is 23.8 Å². The molecule has 0 aromatic heterocycles. The van der Waals surface area contributed by atoms with Crippen molar-refractivity contribution in [2.24, 2.45) is 10.9 Å². The zero-order chi connectivity index (χ0) is 22.6. The van der Waals surface area contributed by atoms with Gasteiger partial charge in [0, 0.05) is 13.0 Å². The Balaban J connectivity index is 1.85. The molecule has 0 fully saturated rings. The van der Waals surface area contributed by atoms with Crippen molar-refractivity contribution in [2.75, 3.05) is 19.8 Å². The Hall–Kier alpha value is -2.77. The lowest BCUT2D eigenvalue weighted by Gasteiger charge is -2.36. The van der Waals surface area contributed by atoms with Gasteiger partial charge in [-0.25, -0.2) is 9.79 Å². The van der Waals surface area contributed by atoms with Gasteiger partial charge in [-0.15, -0.1) is 0 Å². The molecule has 2 aliphatic rings. The number of esters is 1. The Labute approximate surface area is 183 Å². The van der Waals surface area contributed by atoms with Crippen molar-refractivity contribution >= 4 is 17.7 Å². The van der Waals surface area contributed by atoms with Crippen LogP contribution >= 0.6 is 0 Å². The van der Waals surface area contributed by atoms with Gasteiger partial charge in [0.15, 0.2) is 23.2 Å². The largest absolute Gasteiger partial charge is 0.485 e. The molecule has 170 valence electrons. The Kier molecular flexibility index (Phi) is 7.08. The van der Waals surface area contributed by atoms with Crippen molar-refractivity contribution in [1.82, 2.24) is 10.2 Å². The number of nitrogens with one attached hydrogen (secondary N) is 1. The van der Waals surface area contributed by atoms with E-state index >= 15 is 0 Å². The molecule has 0 bridgehead atoms. The molecule has 2 heterocycles. The number of hydrogen-bond acceptors (Lipinski definition) is 7. The number of fused-ring (bicyclic) bond motifs is 1. The Bertz CT molecular complexity index is 840. The molecule has 3 unspecified atom stereocenters. The summed E-state index contributed by atoms with van der Waals surface area (Å²) in [4.78, 5) is 32.9. The molecular formula is C23H33N3O5. The second kappa shape index (κ2) is 9.58. The number of rotatable bonds is 8. The third-order valence-electron chi connectivity index (χ3n) is 5.26. The highest BCUT2D eigenvalue weighted by atomic mass is 16.6. The third-order valence-corrected chi connectivity index (χ3v) is 5.26. The van der Waals surface area contributed by atoms with Crippen LogP contribution in [0.15, 0.2) is 29.3 Å². The molecule has 0 saturated heterocycles. The first kappa shape index (κ1) is 22.9. The lowest BCUT2D eigenvalue weighted by atomic mass is 10.0. The zero-order valence-corrected chi connectivity index (χ0v) is 19.0. The maximum absolute atomic E-state index is 13.1. The van der Waals surface area contributed by atoms with Gasteiger partial charge in [0.05, 0.1) is 6.61 Å². The molecule has 3 atom stereocenters. The van der Waals surface area contributed by atoms with Crippen molar-refractivity contribution in [3.63, 3.8) is 0 Å². The smallest absolute Gasteiger partial charge is 0.333 e. The summed E-state index contributed by atoms with van der Waals surface area (Å²) in [7, 11) is 0. The van der Waals surface area contributed by atoms with Crippen molar-refractivity contribution in [3.8, 4) is 11.5 Å². The van der Waals surface area contributed by atoms with E-state index < -0.39 is 23.8 Å². The van der Waals surface area contributed by atoms with Crippen LogP contribution in [0.25, 0.3) is 0 Å². The SMILES string of the molecule is CCCC1=NC(C)(NC(=O)C2COc3ccccc3O2)C(C(=O)OCC)N1CC(C)C. The summed E-state index contributed by atoms with van der Waals surface area (Å²) in [5.41, 5.74) is -1.16. The first-order valence-electron chi connectivity index (χ1n) is 11.0. The fourth-order valence-electron chi connectivity index (χ4n) is 4.03. The molecule has 0 aliphatic carbocycles. The number of aliphatic imine (C=N–C) groups is 1. The lowest BCUT2D eigenvalue weighted by Crippen LogP contribution is -2.62. The molecule has 3 rings (SSSR count). The van der Waals surface area contributed by atoms with Gasteiger partial charge in [-0.05, 0) is 38.3 Å². The second-order valence-corrected chi connectivity index (χ2v) is 8.48. The van der Waals surface area contributed by atoms with Crippen molar-refractivity contribution in [2.45, 2.75) is 65.3 Å². The quantitative estimate of drug-likeness (QED) is 0.637. The first-order chi connectivity index (χ1) is 14.8. The first-order valence-corrected chi connectivity index (χ1v) is 11.0. The fourth-order valence-corrected chi connectivity index (χ4v) is 4.03. The van der Waals surface area contributed by atoms with Gasteiger partial charge < -0.3 is 24.4 Å². The topological polar surface area (TPSA) is 89.5 Å². The maximum atomic E-state index is 13.1. The minimum absolute atomic E-state index is 0.0875. The number of carbonyl (C=O) groups is 2. The highest BCUT2D eigenvalue weighted by molar-refractivity contribution is 5.94. The van der Waals surface area contributed by atoms with Gasteiger partial charge in [-0.1, -0.05) is 32.9 Å². The Morgan fingerprint density at radius 3 is 2.65 bits per heavy atom. The zero-order valence-electron chi connectivity index (χ0n) is 19.0. The van der Waals surface area contributed by atoms with E-state index in [4.69, 9.17) is 19.2 Å². The summed E-state index contributed by atoms with van der Waals surface area (Å²) in [5, 5.41) is 2.96. The summed E-state index contributed by atoms with van der Waals surface area (Å²) in [6, 6.07) is 6.48. The summed E-state index contributed by atoms with van der Waals surface area (Å²) in [6.45, 7) is 10.8. The van der Waals surface area contributed by atoms with Gasteiger partial charge in [-0.2, -0.15) is 0 Å². The van der Waals surface area contributed by atoms with Crippen LogP contribution < -0.4 is 14.8 Å². The molecule has 0 radical (unpaired) electrons. The van der Waals surface area contributed by atoms with E-state index in [0.29, 0.717) is 30.4 Å². The van der Waals surface area contributed by atoms with Crippen molar-refractivity contribution in [3.05, 3.63) is 24.3 Å². The average Bonchev–Trinajstić information content (AvgIpc) is 2.98. The number of para-hydroxylation sites is 2. The number of nitrogens with zero attached hydrogens (tertiary/aromatic N) is 2. The molecule has 8 nitrogen and oxygen atoms in total. The highest BCUT2D eigenvalue weighted by Crippen LogP contribution is 2.33. The number of carbonyl (C=O) groups excluding carboxylic acids is 2. The van der Waals surface area contributed by atoms with E-state index in [1.807, 2.05) is 17.0 Å². The minimum atomic E-state index is -1.16. The van der Waals surface area contributed by atoms with Crippen LogP contribution in [-0.2, 0) is 14.3 Å². The lowest BCUT2D eigenvalue weighted by molar-refractivity contribution is -0.151. The van der Waals surface area contributed by atoms with E-state index in [-0.39, 0.29) is 19.1 Å². The molecule has 1 aromatic rings. The molecule has 2 aliphatic heterocycles. The van der Waals surface area contributed by atoms with Crippen LogP contribution in [0.3, 0.4) is 0 Å². The van der Waals surface area contributed by atoms with E-state index in [1.165, 1.54) is 0 Å². The van der Waals surface area contributed by atoms with Gasteiger partial charge in [0.2, 0.25) is 6.10 Å². The van der Waals surface area contributed by atoms with Crippen LogP contribution in [-0.4, -0.2) is 60.2 Å². The molecule has 1 amide bonds. The van der Waals surface area contributed by atoms with Crippen LogP contribution in [0.1, 0.15) is 47.5 Å². The van der Waals surface area contributed by atoms with Gasteiger partial charge in [-0.3, -0.25) is 4.79 Å². The van der Waals surface area contributed by atoms with Crippen LogP contribution in [0.5, 0.6) is 11.5 Å². The van der Waals surface area contributed by atoms with Gasteiger partial charge >= 0.3 is 5.97 Å². The van der Waals surface area contributed by atoms with E-state index in [9.17, 15) is 9.59 Å². The predicted molar refractivity (Wildman–Crippen MR) is 117 cm³/mol. The maximum Gasteiger partial charge on any atom is 0.333 e. The summed E-state index contributed by atoms with van der Waals surface area (Å²) in [5.74, 6) is 1.47. The average molecular weight is 432 g/mol. The summed E-state index contributed by atoms with van der Waals surface area (Å²) in [6.07, 6.45) is 0.756. The monoisotopic (exact) mass is 431 g/mol. The number of ether oxygens (including phenoxy) is 3. The molecule has 1 aromatic carbocycles. The number of amides is 1. The molecule has 0 saturated carbocycles. The van der Waals surface area contributed by atoms with E-state index in [1.54, 1.807) is 26.0 Å². The minimum Gasteiger partial charge on any atom is -0.485 e. The number of benzene rings is 1. The number of amidine groups is 1. The second-order valence-electron chi connectivity index (χ2n) is 8.48. The molecule has 0 spiro atoms. The highest BCUT2D eigenvalue weighted by Gasteiger charge is 2.52. The molecule has 1 N–H and O–H groups in total. The Morgan fingerprint density at radius 2 is 2.00 bits per heavy atom. The van der Waals surface area contributed by atoms with Gasteiger partial charge in [0.1, 0.15) is 12.4 Å². The van der Waals surface area contributed by atoms with E-state index in [2.05, 4.69) is 26.1 Å². The van der Waals surface area contributed by atoms with Crippen LogP contribution in [0.4, 0.5) is 0 Å². The summed E-state index contributed by atoms with van der Waals surface area (Å²) < 4.78 is 16.9. The van der Waals surface area contributed by atoms with Gasteiger partial charge in [0.25, 0.3) is 5.91 Å². The normalized spacial score (nSPS) is 24.7. The predicted octanol–water partition coefficient (Wildman–Crippen LogP) is 2.76. The molecular weight excluding hydrogens is 398 g/mol. The Morgan fingerprint density at radius 1 is 1.29 bits per heavy atom. The van der Waals surface area contributed by atoms with Crippen LogP contribution in [0.2, 0.25) is 0 Å². The van der Waals surface area contributed by atoms with Crippen molar-refractivity contribution in [1.29, 1.82) is 0 Å². The molecule has 8 heteroatoms. The number of hydrogen-bond donors (Lipinski definition) is 1. The third kappa shape index (κ3) is 4.94. The van der Waals surface area contributed by atoms with E-state index in [0.717, 1.165) is 12.3 Å². The summed E-state index contributed by atoms with van der Waals surface area (Å²) >= 11 is 0. The standard InChI is InChI=1S/C23H33N3O5/c1-6-10-19-24-23(5,20(22(28)29-7-2)26(19)13-15(3)4)25-21(27)18-14-30-16-11-8-9-12-17(16)31-18/h8-9,11-12,15,18,20H,6-7,10,13-14H2,1-5H3,(H,25,27). The fraction of sp³-hybridized carbons (Fsp3) is 0.609.